The van der Waals surface area contributed by atoms with Crippen molar-refractivity contribution in [3.63, 3.8) is 0 Å². The number of halogens is 3. The van der Waals surface area contributed by atoms with Crippen molar-refractivity contribution in [1.29, 1.82) is 0 Å². The number of nitrogens with zero attached hydrogens (tertiary/aromatic N) is 1. The molecule has 0 atom stereocenters. The van der Waals surface area contributed by atoms with Crippen LogP contribution in [-0.2, 0) is 4.79 Å². The summed E-state index contributed by atoms with van der Waals surface area (Å²) in [5, 5.41) is 2.52. The van der Waals surface area contributed by atoms with Gasteiger partial charge in [0.2, 0.25) is 5.91 Å². The van der Waals surface area contributed by atoms with Gasteiger partial charge in [0.05, 0.1) is 6.54 Å². The summed E-state index contributed by atoms with van der Waals surface area (Å²) in [5.41, 5.74) is 0. The smallest absolute Gasteiger partial charge is 0.448 e. The molecule has 0 aromatic carbocycles. The molecule has 0 spiro atoms. The fourth-order valence-electron chi connectivity index (χ4n) is 1.03. The van der Waals surface area contributed by atoms with Crippen LogP contribution in [-0.4, -0.2) is 43.9 Å². The zero-order valence-corrected chi connectivity index (χ0v) is 12.7. The fraction of sp³-hybridized carbons (Fsp3) is 0.857. The van der Waals surface area contributed by atoms with Crippen LogP contribution in [0, 0.1) is 0 Å². The first-order valence-electron chi connectivity index (χ1n) is 4.39. The summed E-state index contributed by atoms with van der Waals surface area (Å²) < 4.78 is 35.7. The molecular formula is C7H15BF3KN2O. The monoisotopic (exact) mass is 250 g/mol. The number of hydrogen-bond donors (Lipinski definition) is 1. The van der Waals surface area contributed by atoms with Crippen molar-refractivity contribution in [3.8, 4) is 0 Å². The summed E-state index contributed by atoms with van der Waals surface area (Å²) in [7, 11) is 1.27. The second-order valence-corrected chi connectivity index (χ2v) is 3.63. The van der Waals surface area contributed by atoms with Crippen LogP contribution in [0.25, 0.3) is 0 Å². The average molecular weight is 250 g/mol. The Labute approximate surface area is 131 Å². The molecule has 0 saturated carbocycles. The van der Waals surface area contributed by atoms with Crippen LogP contribution in [0.1, 0.15) is 13.8 Å². The number of rotatable bonds is 5. The van der Waals surface area contributed by atoms with Gasteiger partial charge in [-0.1, -0.05) is 0 Å². The molecule has 0 heterocycles. The van der Waals surface area contributed by atoms with Gasteiger partial charge in [-0.2, -0.15) is 0 Å². The summed E-state index contributed by atoms with van der Waals surface area (Å²) in [6, 6.07) is -0.0488. The summed E-state index contributed by atoms with van der Waals surface area (Å²) in [4.78, 5) is 12.0. The molecule has 0 radical (unpaired) electrons. The maximum Gasteiger partial charge on any atom is 1.00 e. The number of carbonyl (C=O) groups is 1. The van der Waals surface area contributed by atoms with E-state index in [4.69, 9.17) is 0 Å². The topological polar surface area (TPSA) is 32.3 Å². The average Bonchev–Trinajstić information content (AvgIpc) is 1.77. The van der Waals surface area contributed by atoms with Gasteiger partial charge in [0.25, 0.3) is 0 Å². The van der Waals surface area contributed by atoms with E-state index in [0.717, 1.165) is 4.90 Å². The van der Waals surface area contributed by atoms with Gasteiger partial charge in [-0.05, 0) is 27.3 Å². The third kappa shape index (κ3) is 12.9. The number of likely N-dealkylation sites (N-methyl/N-ethyl adjacent to an activating group) is 1. The Morgan fingerprint density at radius 1 is 1.40 bits per heavy atom. The molecule has 0 fully saturated rings. The van der Waals surface area contributed by atoms with Gasteiger partial charge in [-0.15, -0.1) is 0 Å². The van der Waals surface area contributed by atoms with E-state index < -0.39 is 13.4 Å². The molecule has 0 saturated heterocycles. The van der Waals surface area contributed by atoms with E-state index in [-0.39, 0.29) is 69.9 Å². The first-order valence-corrected chi connectivity index (χ1v) is 4.39. The number of carbonyl (C=O) groups excluding carboxylic acids is 1. The number of hydrogen-bond acceptors (Lipinski definition) is 2. The molecule has 0 aliphatic heterocycles. The van der Waals surface area contributed by atoms with E-state index in [2.05, 4.69) is 5.32 Å². The normalized spacial score (nSPS) is 11.5. The molecule has 1 N–H and O–H groups in total. The van der Waals surface area contributed by atoms with E-state index in [9.17, 15) is 17.7 Å². The molecule has 0 aliphatic carbocycles. The summed E-state index contributed by atoms with van der Waals surface area (Å²) in [6.07, 6.45) is -1.01. The fourth-order valence-corrected chi connectivity index (χ4v) is 1.03. The van der Waals surface area contributed by atoms with E-state index in [1.165, 1.54) is 7.05 Å². The molecule has 0 bridgehead atoms. The largest absolute Gasteiger partial charge is 1.00 e. The second kappa shape index (κ2) is 8.08. The zero-order valence-electron chi connectivity index (χ0n) is 9.56. The molecule has 0 aromatic rings. The van der Waals surface area contributed by atoms with Gasteiger partial charge in [0.15, 0.2) is 0 Å². The van der Waals surface area contributed by atoms with E-state index in [1.807, 2.05) is 0 Å². The number of amides is 1. The van der Waals surface area contributed by atoms with Gasteiger partial charge >= 0.3 is 58.4 Å². The van der Waals surface area contributed by atoms with Crippen LogP contribution >= 0.6 is 0 Å². The van der Waals surface area contributed by atoms with Crippen LogP contribution in [0.2, 0.25) is 0 Å². The SMILES string of the molecule is CC(C)NC(=O)CN(C)C[B-](F)(F)F.[K+]. The number of nitrogens with one attached hydrogen (secondary N) is 1. The van der Waals surface area contributed by atoms with Crippen LogP contribution in [0.5, 0.6) is 0 Å². The summed E-state index contributed by atoms with van der Waals surface area (Å²) in [6.45, 7) is -1.56. The third-order valence-corrected chi connectivity index (χ3v) is 1.38. The molecule has 0 aromatic heterocycles. The summed E-state index contributed by atoms with van der Waals surface area (Å²) >= 11 is 0. The summed E-state index contributed by atoms with van der Waals surface area (Å²) in [5.74, 6) is -0.387. The molecule has 3 nitrogen and oxygen atoms in total. The Balaban J connectivity index is 0. The van der Waals surface area contributed by atoms with E-state index in [1.54, 1.807) is 13.8 Å². The van der Waals surface area contributed by atoms with Gasteiger partial charge in [-0.3, -0.25) is 4.79 Å². The van der Waals surface area contributed by atoms with Crippen LogP contribution in [0.3, 0.4) is 0 Å². The first-order chi connectivity index (χ1) is 6.20. The van der Waals surface area contributed by atoms with Crippen molar-refractivity contribution in [2.75, 3.05) is 20.0 Å². The van der Waals surface area contributed by atoms with Crippen molar-refractivity contribution in [3.05, 3.63) is 0 Å². The Bertz CT molecular complexity index is 201. The molecule has 84 valence electrons. The molecule has 0 unspecified atom stereocenters. The minimum absolute atomic E-state index is 0. The van der Waals surface area contributed by atoms with E-state index in [0.29, 0.717) is 0 Å². The molecule has 15 heavy (non-hydrogen) atoms. The maximum absolute atomic E-state index is 11.9. The minimum atomic E-state index is -4.85. The van der Waals surface area contributed by atoms with Gasteiger partial charge in [0.1, 0.15) is 0 Å². The Hall–Kier alpha value is 0.921. The Morgan fingerprint density at radius 3 is 2.20 bits per heavy atom. The molecule has 8 heteroatoms. The van der Waals surface area contributed by atoms with Crippen LogP contribution in [0.15, 0.2) is 0 Å². The predicted molar refractivity (Wildman–Crippen MR) is 49.9 cm³/mol. The van der Waals surface area contributed by atoms with E-state index >= 15 is 0 Å². The van der Waals surface area contributed by atoms with Crippen LogP contribution < -0.4 is 56.7 Å². The maximum atomic E-state index is 11.9. The van der Waals surface area contributed by atoms with Crippen molar-refractivity contribution in [2.24, 2.45) is 0 Å². The molecular weight excluding hydrogens is 235 g/mol. The standard InChI is InChI=1S/C7H15BF3N2O.K/c1-6(2)12-7(14)4-13(3)5-8(9,10)11;/h6H,4-5H2,1-3H3,(H,12,14);/q-1;+1. The van der Waals surface area contributed by atoms with Crippen molar-refractivity contribution in [2.45, 2.75) is 19.9 Å². The zero-order chi connectivity index (χ0) is 11.4. The molecule has 0 aliphatic rings. The Morgan fingerprint density at radius 2 is 1.87 bits per heavy atom. The van der Waals surface area contributed by atoms with Gasteiger partial charge < -0.3 is 23.2 Å². The van der Waals surface area contributed by atoms with Gasteiger partial charge in [-0.25, -0.2) is 0 Å². The third-order valence-electron chi connectivity index (χ3n) is 1.38. The first kappa shape index (κ1) is 18.3. The Kier molecular flexibility index (Phi) is 9.85. The van der Waals surface area contributed by atoms with Crippen molar-refractivity contribution in [1.82, 2.24) is 10.2 Å². The quantitative estimate of drug-likeness (QED) is 0.563. The minimum Gasteiger partial charge on any atom is -0.448 e. The molecule has 0 rings (SSSR count). The predicted octanol–water partition coefficient (Wildman–Crippen LogP) is -2.17. The van der Waals surface area contributed by atoms with Crippen molar-refractivity contribution >= 4 is 12.9 Å². The second-order valence-electron chi connectivity index (χ2n) is 3.63. The van der Waals surface area contributed by atoms with Crippen molar-refractivity contribution < 1.29 is 69.1 Å². The van der Waals surface area contributed by atoms with Crippen LogP contribution in [0.4, 0.5) is 12.9 Å². The van der Waals surface area contributed by atoms with Gasteiger partial charge in [0, 0.05) is 6.04 Å². The molecule has 1 amide bonds.